The molecular weight excluding hydrogens is 520 g/mol. The number of thioether (sulfide) groups is 1. The Morgan fingerprint density at radius 2 is 1.72 bits per heavy atom. The molecule has 0 spiro atoms. The molecule has 39 heavy (non-hydrogen) atoms. The van der Waals surface area contributed by atoms with Gasteiger partial charge in [0.2, 0.25) is 11.8 Å². The SMILES string of the molecule is COc1cccc([C@H]2C(C(=O)OC(C)(C)C)=C(C)N=C3SC=C(CC(=O)N4CCN(C(C)=O)CC4)N32)c1OC. The number of piperazine rings is 1. The molecule has 0 N–H and O–H groups in total. The lowest BCUT2D eigenvalue weighted by molar-refractivity contribution is -0.150. The maximum absolute atomic E-state index is 13.6. The Kier molecular flexibility index (Phi) is 8.29. The van der Waals surface area contributed by atoms with Crippen molar-refractivity contribution in [2.75, 3.05) is 40.4 Å². The number of amides is 2. The minimum Gasteiger partial charge on any atom is -0.493 e. The van der Waals surface area contributed by atoms with Crippen molar-refractivity contribution >= 4 is 34.7 Å². The van der Waals surface area contributed by atoms with Gasteiger partial charge in [0.05, 0.1) is 38.0 Å². The Balaban J connectivity index is 1.71. The van der Waals surface area contributed by atoms with Gasteiger partial charge in [-0.25, -0.2) is 9.79 Å². The second kappa shape index (κ2) is 11.3. The molecule has 0 saturated carbocycles. The number of rotatable bonds is 6. The van der Waals surface area contributed by atoms with Gasteiger partial charge >= 0.3 is 5.97 Å². The highest BCUT2D eigenvalue weighted by Crippen LogP contribution is 2.49. The van der Waals surface area contributed by atoms with Crippen molar-refractivity contribution in [1.82, 2.24) is 14.7 Å². The number of allylic oxidation sites excluding steroid dienone is 1. The predicted molar refractivity (Wildman–Crippen MR) is 149 cm³/mol. The molecule has 10 nitrogen and oxygen atoms in total. The first-order valence-electron chi connectivity index (χ1n) is 12.9. The van der Waals surface area contributed by atoms with E-state index in [4.69, 9.17) is 19.2 Å². The Morgan fingerprint density at radius 1 is 1.05 bits per heavy atom. The van der Waals surface area contributed by atoms with Crippen LogP contribution in [0.4, 0.5) is 0 Å². The molecule has 3 aliphatic rings. The first kappa shape index (κ1) is 28.5. The van der Waals surface area contributed by atoms with Gasteiger partial charge in [-0.05, 0) is 39.2 Å². The lowest BCUT2D eigenvalue weighted by Gasteiger charge is -2.38. The smallest absolute Gasteiger partial charge is 0.338 e. The fraction of sp³-hybridized carbons (Fsp3) is 0.500. The summed E-state index contributed by atoms with van der Waals surface area (Å²) in [6.45, 7) is 10.8. The van der Waals surface area contributed by atoms with Crippen LogP contribution in [-0.4, -0.2) is 83.7 Å². The third-order valence-corrected chi connectivity index (χ3v) is 7.65. The summed E-state index contributed by atoms with van der Waals surface area (Å²) in [7, 11) is 3.12. The number of benzene rings is 1. The van der Waals surface area contributed by atoms with E-state index in [2.05, 4.69) is 0 Å². The highest BCUT2D eigenvalue weighted by atomic mass is 32.2. The molecule has 0 aromatic heterocycles. The van der Waals surface area contributed by atoms with Crippen LogP contribution in [0.25, 0.3) is 0 Å². The van der Waals surface area contributed by atoms with Crippen LogP contribution in [0.1, 0.15) is 52.6 Å². The average molecular weight is 557 g/mol. The minimum absolute atomic E-state index is 0.0121. The van der Waals surface area contributed by atoms with E-state index < -0.39 is 17.6 Å². The van der Waals surface area contributed by atoms with Crippen LogP contribution >= 0.6 is 11.8 Å². The average Bonchev–Trinajstić information content (AvgIpc) is 3.27. The van der Waals surface area contributed by atoms with Crippen LogP contribution in [0.15, 0.2) is 45.6 Å². The lowest BCUT2D eigenvalue weighted by Crippen LogP contribution is -2.50. The molecule has 3 heterocycles. The maximum atomic E-state index is 13.6. The monoisotopic (exact) mass is 556 g/mol. The number of aliphatic imine (C=N–C) groups is 1. The molecule has 2 amide bonds. The van der Waals surface area contributed by atoms with E-state index >= 15 is 0 Å². The van der Waals surface area contributed by atoms with Crippen LogP contribution in [0.3, 0.4) is 0 Å². The predicted octanol–water partition coefficient (Wildman–Crippen LogP) is 3.70. The quantitative estimate of drug-likeness (QED) is 0.489. The Morgan fingerprint density at radius 3 is 2.31 bits per heavy atom. The van der Waals surface area contributed by atoms with Crippen LogP contribution in [-0.2, 0) is 19.1 Å². The summed E-state index contributed by atoms with van der Waals surface area (Å²) in [6, 6.07) is 4.87. The standard InChI is InChI=1S/C28H36N4O6S/c1-17-23(26(35)38-28(3,4)5)24(20-9-8-10-21(36-6)25(20)37-7)32-19(16-39-27(32)29-17)15-22(34)31-13-11-30(12-14-31)18(2)33/h8-10,16,24H,11-15H2,1-7H3/t24-/m0/s1. The maximum Gasteiger partial charge on any atom is 0.338 e. The van der Waals surface area contributed by atoms with Crippen molar-refractivity contribution < 1.29 is 28.6 Å². The van der Waals surface area contributed by atoms with E-state index in [1.54, 1.807) is 43.9 Å². The van der Waals surface area contributed by atoms with Gasteiger partial charge in [-0.15, -0.1) is 0 Å². The van der Waals surface area contributed by atoms with Gasteiger partial charge < -0.3 is 28.9 Å². The van der Waals surface area contributed by atoms with Crippen molar-refractivity contribution in [2.45, 2.75) is 52.7 Å². The number of esters is 1. The fourth-order valence-corrected chi connectivity index (χ4v) is 5.89. The van der Waals surface area contributed by atoms with Gasteiger partial charge in [-0.3, -0.25) is 9.59 Å². The summed E-state index contributed by atoms with van der Waals surface area (Å²) < 4.78 is 17.2. The molecule has 1 atom stereocenters. The fourth-order valence-electron chi connectivity index (χ4n) is 4.92. The molecule has 1 saturated heterocycles. The summed E-state index contributed by atoms with van der Waals surface area (Å²) in [5.74, 6) is 0.492. The van der Waals surface area contributed by atoms with Gasteiger partial charge in [0.25, 0.3) is 0 Å². The second-order valence-corrected chi connectivity index (χ2v) is 11.4. The van der Waals surface area contributed by atoms with Crippen molar-refractivity contribution in [3.63, 3.8) is 0 Å². The number of nitrogens with zero attached hydrogens (tertiary/aromatic N) is 4. The zero-order valence-electron chi connectivity index (χ0n) is 23.6. The number of carbonyl (C=O) groups excluding carboxylic acids is 3. The molecule has 4 rings (SSSR count). The van der Waals surface area contributed by atoms with Gasteiger partial charge in [0.1, 0.15) is 5.60 Å². The number of para-hydroxylation sites is 1. The molecule has 0 aliphatic carbocycles. The van der Waals surface area contributed by atoms with Gasteiger partial charge in [0.15, 0.2) is 16.7 Å². The Bertz CT molecular complexity index is 1260. The zero-order valence-corrected chi connectivity index (χ0v) is 24.4. The Hall–Kier alpha value is -3.47. The van der Waals surface area contributed by atoms with E-state index in [0.29, 0.717) is 59.7 Å². The third-order valence-electron chi connectivity index (χ3n) is 6.76. The Labute approximate surface area is 233 Å². The largest absolute Gasteiger partial charge is 0.493 e. The van der Waals surface area contributed by atoms with E-state index in [-0.39, 0.29) is 18.2 Å². The van der Waals surface area contributed by atoms with E-state index in [1.165, 1.54) is 11.8 Å². The molecule has 3 aliphatic heterocycles. The first-order chi connectivity index (χ1) is 18.4. The molecule has 1 fully saturated rings. The van der Waals surface area contributed by atoms with Gasteiger partial charge in [-0.2, -0.15) is 0 Å². The first-order valence-corrected chi connectivity index (χ1v) is 13.7. The van der Waals surface area contributed by atoms with Crippen LogP contribution < -0.4 is 9.47 Å². The molecule has 1 aromatic rings. The summed E-state index contributed by atoms with van der Waals surface area (Å²) in [5.41, 5.74) is 1.62. The molecule has 210 valence electrons. The molecule has 0 unspecified atom stereocenters. The van der Waals surface area contributed by atoms with Crippen molar-refractivity contribution in [3.8, 4) is 11.5 Å². The van der Waals surface area contributed by atoms with Crippen LogP contribution in [0, 0.1) is 0 Å². The number of methoxy groups -OCH3 is 2. The molecular formula is C28H36N4O6S. The summed E-state index contributed by atoms with van der Waals surface area (Å²) >= 11 is 1.41. The number of ether oxygens (including phenoxy) is 3. The highest BCUT2D eigenvalue weighted by Gasteiger charge is 2.43. The van der Waals surface area contributed by atoms with Gasteiger partial charge in [-0.1, -0.05) is 23.9 Å². The normalized spacial score (nSPS) is 19.4. The zero-order chi connectivity index (χ0) is 28.5. The molecule has 0 bridgehead atoms. The summed E-state index contributed by atoms with van der Waals surface area (Å²) in [6.07, 6.45) is 0.121. The molecule has 0 radical (unpaired) electrons. The number of carbonyl (C=O) groups is 3. The van der Waals surface area contributed by atoms with Crippen LogP contribution in [0.5, 0.6) is 11.5 Å². The number of amidine groups is 1. The number of hydrogen-bond donors (Lipinski definition) is 0. The number of fused-ring (bicyclic) bond motifs is 1. The van der Waals surface area contributed by atoms with Crippen molar-refractivity contribution in [1.29, 1.82) is 0 Å². The minimum atomic E-state index is -0.715. The highest BCUT2D eigenvalue weighted by molar-refractivity contribution is 8.16. The second-order valence-electron chi connectivity index (χ2n) is 10.5. The summed E-state index contributed by atoms with van der Waals surface area (Å²) in [5, 5.41) is 2.58. The van der Waals surface area contributed by atoms with Crippen molar-refractivity contribution in [3.05, 3.63) is 46.1 Å². The van der Waals surface area contributed by atoms with Crippen LogP contribution in [0.2, 0.25) is 0 Å². The number of hydrogen-bond acceptors (Lipinski definition) is 9. The molecule has 11 heteroatoms. The summed E-state index contributed by atoms with van der Waals surface area (Å²) in [4.78, 5) is 48.9. The molecule has 1 aromatic carbocycles. The topological polar surface area (TPSA) is 101 Å². The lowest BCUT2D eigenvalue weighted by atomic mass is 9.92. The third kappa shape index (κ3) is 5.93. The van der Waals surface area contributed by atoms with Gasteiger partial charge in [0, 0.05) is 44.4 Å². The van der Waals surface area contributed by atoms with E-state index in [0.717, 1.165) is 5.70 Å². The van der Waals surface area contributed by atoms with E-state index in [9.17, 15) is 14.4 Å². The van der Waals surface area contributed by atoms with E-state index in [1.807, 2.05) is 43.2 Å². The van der Waals surface area contributed by atoms with Crippen molar-refractivity contribution in [2.24, 2.45) is 4.99 Å².